The summed E-state index contributed by atoms with van der Waals surface area (Å²) in [7, 11) is -1.56. The Morgan fingerprint density at radius 1 is 1.18 bits per heavy atom. The number of carbonyl (C=O) groups is 1. The number of sulfonamides is 1. The van der Waals surface area contributed by atoms with E-state index in [9.17, 15) is 13.2 Å². The fourth-order valence-corrected chi connectivity index (χ4v) is 4.75. The lowest BCUT2D eigenvalue weighted by molar-refractivity contribution is -0.116. The summed E-state index contributed by atoms with van der Waals surface area (Å²) in [4.78, 5) is 14.6. The number of nitrogen functional groups attached to an aromatic ring is 1. The maximum atomic E-state index is 12.7. The van der Waals surface area contributed by atoms with Crippen LogP contribution in [0.4, 0.5) is 11.6 Å². The molecule has 1 aliphatic heterocycles. The van der Waals surface area contributed by atoms with Gasteiger partial charge in [-0.2, -0.15) is 4.31 Å². The first kappa shape index (κ1) is 20.6. The summed E-state index contributed by atoms with van der Waals surface area (Å²) in [5.74, 6) is -0.149. The number of anilines is 2. The van der Waals surface area contributed by atoms with Gasteiger partial charge in [-0.15, -0.1) is 10.2 Å². The van der Waals surface area contributed by atoms with Crippen molar-refractivity contribution in [1.29, 1.82) is 0 Å². The number of aromatic nitrogens is 3. The predicted octanol–water partition coefficient (Wildman–Crippen LogP) is 0.157. The minimum atomic E-state index is -3.53. The minimum Gasteiger partial charge on any atom is -0.368 e. The fraction of sp³-hybridized carbons (Fsp3) is 0.438. The van der Waals surface area contributed by atoms with Gasteiger partial charge in [0.2, 0.25) is 21.9 Å². The number of carbonyl (C=O) groups excluding carboxylic acids is 1. The maximum Gasteiger partial charge on any atom is 0.244 e. The molecule has 152 valence electrons. The zero-order valence-corrected chi connectivity index (χ0v) is 17.3. The number of rotatable bonds is 6. The largest absolute Gasteiger partial charge is 0.368 e. The van der Waals surface area contributed by atoms with E-state index in [0.717, 1.165) is 0 Å². The first-order valence-electron chi connectivity index (χ1n) is 8.62. The molecule has 0 atom stereocenters. The van der Waals surface area contributed by atoms with Gasteiger partial charge in [0.05, 0.1) is 4.90 Å². The molecule has 2 heterocycles. The molecule has 3 rings (SSSR count). The zero-order chi connectivity index (χ0) is 20.3. The predicted molar refractivity (Wildman–Crippen MR) is 108 cm³/mol. The van der Waals surface area contributed by atoms with Gasteiger partial charge >= 0.3 is 0 Å². The lowest BCUT2D eigenvalue weighted by Gasteiger charge is -2.31. The van der Waals surface area contributed by atoms with Gasteiger partial charge in [-0.1, -0.05) is 11.8 Å². The Kier molecular flexibility index (Phi) is 6.23. The highest BCUT2D eigenvalue weighted by Crippen LogP contribution is 2.20. The van der Waals surface area contributed by atoms with E-state index >= 15 is 0 Å². The number of nitrogens with two attached hydrogens (primary N) is 1. The summed E-state index contributed by atoms with van der Waals surface area (Å²) in [6.45, 7) is 2.32. The van der Waals surface area contributed by atoms with E-state index in [4.69, 9.17) is 5.73 Å². The van der Waals surface area contributed by atoms with Crippen LogP contribution in [0.3, 0.4) is 0 Å². The van der Waals surface area contributed by atoms with Gasteiger partial charge in [-0.05, 0) is 37.6 Å². The van der Waals surface area contributed by atoms with Crippen molar-refractivity contribution >= 4 is 39.3 Å². The lowest BCUT2D eigenvalue weighted by Crippen LogP contribution is -2.46. The smallest absolute Gasteiger partial charge is 0.244 e. The number of amides is 1. The summed E-state index contributed by atoms with van der Waals surface area (Å²) in [6, 6.07) is 6.16. The second kappa shape index (κ2) is 8.47. The standard InChI is InChI=1S/C16H23N7O3S2/c1-21-7-9-22(10-8-21)28(25,26)13-5-3-12(4-6-13)18-14(24)11-23-15(17)19-20-16(23)27-2/h3-6H,7-11H2,1-2H3,(H2,17,19)(H,18,24). The number of likely N-dealkylation sites (N-methyl/N-ethyl adjacent to an activating group) is 1. The molecule has 1 aliphatic rings. The quantitative estimate of drug-likeness (QED) is 0.627. The van der Waals surface area contributed by atoms with Crippen molar-refractivity contribution in [3.8, 4) is 0 Å². The fourth-order valence-electron chi connectivity index (χ4n) is 2.83. The van der Waals surface area contributed by atoms with E-state index in [1.807, 2.05) is 13.3 Å². The van der Waals surface area contributed by atoms with Crippen molar-refractivity contribution in [2.75, 3.05) is 50.5 Å². The Bertz CT molecular complexity index is 936. The van der Waals surface area contributed by atoms with Crippen LogP contribution in [0.1, 0.15) is 0 Å². The van der Waals surface area contributed by atoms with Gasteiger partial charge in [0.25, 0.3) is 0 Å². The van der Waals surface area contributed by atoms with Crippen LogP contribution in [0.5, 0.6) is 0 Å². The molecule has 10 nitrogen and oxygen atoms in total. The van der Waals surface area contributed by atoms with Crippen molar-refractivity contribution in [3.63, 3.8) is 0 Å². The molecule has 1 fully saturated rings. The highest BCUT2D eigenvalue weighted by molar-refractivity contribution is 7.98. The van der Waals surface area contributed by atoms with Gasteiger partial charge < -0.3 is 16.0 Å². The Hall–Kier alpha value is -2.15. The molecule has 2 aromatic rings. The average molecular weight is 426 g/mol. The Morgan fingerprint density at radius 2 is 1.82 bits per heavy atom. The topological polar surface area (TPSA) is 126 Å². The molecule has 1 saturated heterocycles. The van der Waals surface area contributed by atoms with Gasteiger partial charge in [0, 0.05) is 31.9 Å². The molecule has 1 amide bonds. The van der Waals surface area contributed by atoms with E-state index in [1.165, 1.54) is 32.8 Å². The third kappa shape index (κ3) is 4.46. The highest BCUT2D eigenvalue weighted by Gasteiger charge is 2.27. The molecular weight excluding hydrogens is 402 g/mol. The van der Waals surface area contributed by atoms with Gasteiger partial charge in [0.15, 0.2) is 5.16 Å². The normalized spacial score (nSPS) is 16.2. The summed E-state index contributed by atoms with van der Waals surface area (Å²) in [6.07, 6.45) is 1.82. The number of benzene rings is 1. The van der Waals surface area contributed by atoms with Crippen LogP contribution >= 0.6 is 11.8 Å². The number of thioether (sulfide) groups is 1. The van der Waals surface area contributed by atoms with Crippen LogP contribution in [0.15, 0.2) is 34.3 Å². The van der Waals surface area contributed by atoms with Crippen LogP contribution < -0.4 is 11.1 Å². The molecule has 0 bridgehead atoms. The molecule has 0 saturated carbocycles. The van der Waals surface area contributed by atoms with E-state index in [-0.39, 0.29) is 23.3 Å². The summed E-state index contributed by atoms with van der Waals surface area (Å²) >= 11 is 1.34. The minimum absolute atomic E-state index is 0.0314. The molecule has 0 unspecified atom stereocenters. The van der Waals surface area contributed by atoms with E-state index < -0.39 is 10.0 Å². The van der Waals surface area contributed by atoms with Crippen LogP contribution in [0.25, 0.3) is 0 Å². The average Bonchev–Trinajstić information content (AvgIpc) is 3.02. The molecule has 1 aromatic heterocycles. The second-order valence-corrected chi connectivity index (χ2v) is 9.12. The van der Waals surface area contributed by atoms with E-state index in [0.29, 0.717) is 37.0 Å². The third-order valence-corrected chi connectivity index (χ3v) is 7.05. The molecule has 12 heteroatoms. The van der Waals surface area contributed by atoms with Crippen molar-refractivity contribution < 1.29 is 13.2 Å². The number of nitrogens with one attached hydrogen (secondary N) is 1. The Balaban J connectivity index is 1.65. The van der Waals surface area contributed by atoms with Crippen LogP contribution in [-0.4, -0.2) is 77.8 Å². The highest BCUT2D eigenvalue weighted by atomic mass is 32.2. The zero-order valence-electron chi connectivity index (χ0n) is 15.7. The van der Waals surface area contributed by atoms with Crippen LogP contribution in [-0.2, 0) is 21.4 Å². The molecule has 1 aromatic carbocycles. The first-order valence-corrected chi connectivity index (χ1v) is 11.3. The molecule has 3 N–H and O–H groups in total. The monoisotopic (exact) mass is 425 g/mol. The van der Waals surface area contributed by atoms with E-state index in [2.05, 4.69) is 20.4 Å². The number of hydrogen-bond acceptors (Lipinski definition) is 8. The maximum absolute atomic E-state index is 12.7. The number of hydrogen-bond donors (Lipinski definition) is 2. The van der Waals surface area contributed by atoms with Gasteiger partial charge in [-0.25, -0.2) is 8.42 Å². The second-order valence-electron chi connectivity index (χ2n) is 6.41. The Morgan fingerprint density at radius 3 is 2.43 bits per heavy atom. The van der Waals surface area contributed by atoms with Gasteiger partial charge in [-0.3, -0.25) is 9.36 Å². The van der Waals surface area contributed by atoms with Gasteiger partial charge in [0.1, 0.15) is 6.54 Å². The molecule has 0 aliphatic carbocycles. The third-order valence-electron chi connectivity index (χ3n) is 4.47. The molecule has 28 heavy (non-hydrogen) atoms. The van der Waals surface area contributed by atoms with Crippen molar-refractivity contribution in [2.45, 2.75) is 16.6 Å². The van der Waals surface area contributed by atoms with Crippen LogP contribution in [0.2, 0.25) is 0 Å². The van der Waals surface area contributed by atoms with Crippen LogP contribution in [0, 0.1) is 0 Å². The van der Waals surface area contributed by atoms with Crippen molar-refractivity contribution in [2.24, 2.45) is 0 Å². The Labute approximate surface area is 168 Å². The lowest BCUT2D eigenvalue weighted by atomic mass is 10.3. The number of nitrogens with zero attached hydrogens (tertiary/aromatic N) is 5. The number of piperazine rings is 1. The van der Waals surface area contributed by atoms with Crippen molar-refractivity contribution in [3.05, 3.63) is 24.3 Å². The summed E-state index contributed by atoms with van der Waals surface area (Å²) in [5, 5.41) is 10.9. The molecule has 0 radical (unpaired) electrons. The first-order chi connectivity index (χ1) is 13.3. The van der Waals surface area contributed by atoms with E-state index in [1.54, 1.807) is 12.1 Å². The summed E-state index contributed by atoms with van der Waals surface area (Å²) < 4.78 is 28.5. The summed E-state index contributed by atoms with van der Waals surface area (Å²) in [5.41, 5.74) is 6.23. The molecular formula is C16H23N7O3S2. The molecule has 0 spiro atoms. The van der Waals surface area contributed by atoms with Crippen molar-refractivity contribution in [1.82, 2.24) is 24.0 Å². The SMILES string of the molecule is CSc1nnc(N)n1CC(=O)Nc1ccc(S(=O)(=O)N2CCN(C)CC2)cc1.